The van der Waals surface area contributed by atoms with Crippen molar-refractivity contribution in [1.82, 2.24) is 9.97 Å². The number of nitrogens with zero attached hydrogens (tertiary/aromatic N) is 3. The van der Waals surface area contributed by atoms with Crippen molar-refractivity contribution < 1.29 is 23.0 Å². The van der Waals surface area contributed by atoms with Gasteiger partial charge in [0.25, 0.3) is 11.8 Å². The van der Waals surface area contributed by atoms with E-state index in [-0.39, 0.29) is 12.5 Å². The molecule has 3 aromatic rings. The number of para-hydroxylation sites is 2. The van der Waals surface area contributed by atoms with Crippen LogP contribution in [0.2, 0.25) is 0 Å². The smallest absolute Gasteiger partial charge is 0.255 e. The minimum Gasteiger partial charge on any atom is -0.479 e. The van der Waals surface area contributed by atoms with E-state index in [1.807, 2.05) is 24.3 Å². The molecule has 3 N–H and O–H groups in total. The Hall–Kier alpha value is -3.95. The first-order valence-corrected chi connectivity index (χ1v) is 10.3. The number of fused-ring (bicyclic) bond motifs is 2. The Morgan fingerprint density at radius 3 is 2.39 bits per heavy atom. The van der Waals surface area contributed by atoms with Crippen LogP contribution in [0.1, 0.15) is 24.0 Å². The van der Waals surface area contributed by atoms with Crippen LogP contribution in [-0.2, 0) is 16.8 Å². The first-order valence-electron chi connectivity index (χ1n) is 10.3. The van der Waals surface area contributed by atoms with Crippen LogP contribution in [0.5, 0.6) is 11.8 Å². The first kappa shape index (κ1) is 20.9. The Kier molecular flexibility index (Phi) is 4.80. The molecule has 2 aliphatic rings. The van der Waals surface area contributed by atoms with Gasteiger partial charge in [-0.15, -0.1) is 0 Å². The van der Waals surface area contributed by atoms with Gasteiger partial charge in [0.15, 0.2) is 0 Å². The summed E-state index contributed by atoms with van der Waals surface area (Å²) in [4.78, 5) is 22.7. The predicted octanol–water partition coefficient (Wildman–Crippen LogP) is 3.68. The normalized spacial score (nSPS) is 15.9. The lowest BCUT2D eigenvalue weighted by Gasteiger charge is -2.35. The summed E-state index contributed by atoms with van der Waals surface area (Å²) in [7, 11) is 2.42. The number of nitrogens with one attached hydrogen (secondary N) is 1. The third kappa shape index (κ3) is 3.21. The molecule has 1 aliphatic carbocycles. The van der Waals surface area contributed by atoms with Gasteiger partial charge in [0.1, 0.15) is 11.5 Å². The molecule has 0 bridgehead atoms. The second kappa shape index (κ2) is 7.58. The van der Waals surface area contributed by atoms with Gasteiger partial charge in [0.05, 0.1) is 37.6 Å². The molecule has 5 rings (SSSR count). The minimum absolute atomic E-state index is 0.0547. The van der Waals surface area contributed by atoms with Crippen LogP contribution in [0.3, 0.4) is 0 Å². The van der Waals surface area contributed by atoms with Crippen molar-refractivity contribution in [2.75, 3.05) is 30.2 Å². The van der Waals surface area contributed by atoms with Gasteiger partial charge in [-0.25, -0.2) is 4.98 Å². The number of nitrogen functional groups attached to an aromatic ring is 1. The van der Waals surface area contributed by atoms with Crippen molar-refractivity contribution in [2.24, 2.45) is 0 Å². The summed E-state index contributed by atoms with van der Waals surface area (Å²) in [6.07, 6.45) is 2.74. The lowest BCUT2D eigenvalue weighted by Crippen LogP contribution is -2.45. The third-order valence-electron chi connectivity index (χ3n) is 6.11. The zero-order chi connectivity index (χ0) is 23.3. The quantitative estimate of drug-likeness (QED) is 0.568. The fraction of sp³-hybridized carbons (Fsp3) is 0.261. The van der Waals surface area contributed by atoms with Crippen molar-refractivity contribution in [2.45, 2.75) is 24.8 Å². The number of ether oxygens (including phenoxy) is 2. The van der Waals surface area contributed by atoms with Gasteiger partial charge in [-0.05, 0) is 42.2 Å². The summed E-state index contributed by atoms with van der Waals surface area (Å²) < 4.78 is 40.0. The first-order chi connectivity index (χ1) is 15.9. The lowest BCUT2D eigenvalue weighted by molar-refractivity contribution is -0.121. The number of halogens is 2. The van der Waals surface area contributed by atoms with Crippen LogP contribution in [0, 0.1) is 11.6 Å². The van der Waals surface area contributed by atoms with Crippen LogP contribution >= 0.6 is 0 Å². The number of rotatable bonds is 5. The number of anilines is 4. The number of benzene rings is 1. The molecule has 10 heteroatoms. The number of amides is 1. The molecule has 33 heavy (non-hydrogen) atoms. The molecule has 3 heterocycles. The Morgan fingerprint density at radius 2 is 1.79 bits per heavy atom. The summed E-state index contributed by atoms with van der Waals surface area (Å²) >= 11 is 0. The third-order valence-corrected chi connectivity index (χ3v) is 6.11. The number of hydrogen-bond acceptors (Lipinski definition) is 7. The van der Waals surface area contributed by atoms with Gasteiger partial charge in [-0.2, -0.15) is 13.8 Å². The Balaban J connectivity index is 1.57. The molecule has 1 saturated carbocycles. The van der Waals surface area contributed by atoms with Gasteiger partial charge in [0.2, 0.25) is 17.5 Å². The highest BCUT2D eigenvalue weighted by Crippen LogP contribution is 2.55. The largest absolute Gasteiger partial charge is 0.479 e. The summed E-state index contributed by atoms with van der Waals surface area (Å²) in [6, 6.07) is 9.08. The standard InChI is InChI=1S/C23H21F2N5O3/c1-32-20-17(24)19(18(25)21(29-20)33-2)30-11-12-10-27-16(28-15-6-4-3-5-14(15)26)9-13(12)23(7-8-23)22(30)31/h3-6,9-10H,7-8,11,26H2,1-2H3,(H,27,28). The average Bonchev–Trinajstić information content (AvgIpc) is 3.61. The van der Waals surface area contributed by atoms with Crippen molar-refractivity contribution >= 4 is 28.8 Å². The average molecular weight is 453 g/mol. The summed E-state index contributed by atoms with van der Waals surface area (Å²) in [5, 5.41) is 3.17. The number of nitrogens with two attached hydrogens (primary N) is 1. The van der Waals surface area contributed by atoms with E-state index in [2.05, 4.69) is 15.3 Å². The maximum atomic E-state index is 15.1. The summed E-state index contributed by atoms with van der Waals surface area (Å²) in [6.45, 7) is -0.0547. The second-order valence-electron chi connectivity index (χ2n) is 8.02. The molecule has 0 unspecified atom stereocenters. The van der Waals surface area contributed by atoms with Gasteiger partial charge < -0.3 is 25.4 Å². The lowest BCUT2D eigenvalue weighted by atomic mass is 9.86. The number of carbonyl (C=O) groups excluding carboxylic acids is 1. The molecule has 0 atom stereocenters. The highest BCUT2D eigenvalue weighted by atomic mass is 19.1. The van der Waals surface area contributed by atoms with Crippen LogP contribution in [0.15, 0.2) is 36.5 Å². The predicted molar refractivity (Wildman–Crippen MR) is 118 cm³/mol. The highest BCUT2D eigenvalue weighted by Gasteiger charge is 2.57. The monoisotopic (exact) mass is 453 g/mol. The van der Waals surface area contributed by atoms with Crippen molar-refractivity contribution in [3.05, 3.63) is 59.3 Å². The number of hydrogen-bond donors (Lipinski definition) is 2. The van der Waals surface area contributed by atoms with Crippen molar-refractivity contribution in [3.8, 4) is 11.8 Å². The number of methoxy groups -OCH3 is 2. The van der Waals surface area contributed by atoms with E-state index in [0.29, 0.717) is 35.6 Å². The second-order valence-corrected chi connectivity index (χ2v) is 8.02. The highest BCUT2D eigenvalue weighted by molar-refractivity contribution is 6.05. The molecular weight excluding hydrogens is 432 g/mol. The fourth-order valence-electron chi connectivity index (χ4n) is 4.27. The van der Waals surface area contributed by atoms with Gasteiger partial charge in [-0.1, -0.05) is 12.1 Å². The molecule has 170 valence electrons. The number of aromatic nitrogens is 2. The van der Waals surface area contributed by atoms with Crippen molar-refractivity contribution in [1.29, 1.82) is 0 Å². The molecule has 0 radical (unpaired) electrons. The molecule has 2 aromatic heterocycles. The van der Waals surface area contributed by atoms with Gasteiger partial charge in [0, 0.05) is 6.20 Å². The topological polar surface area (TPSA) is 103 Å². The minimum atomic E-state index is -1.06. The Labute approximate surface area is 188 Å². The van der Waals surface area contributed by atoms with E-state index in [9.17, 15) is 4.79 Å². The maximum Gasteiger partial charge on any atom is 0.255 e. The zero-order valence-corrected chi connectivity index (χ0v) is 18.0. The molecule has 1 aromatic carbocycles. The van der Waals surface area contributed by atoms with E-state index in [1.54, 1.807) is 12.3 Å². The Morgan fingerprint density at radius 1 is 1.12 bits per heavy atom. The van der Waals surface area contributed by atoms with Crippen LogP contribution < -0.4 is 25.4 Å². The summed E-state index contributed by atoms with van der Waals surface area (Å²) in [5.74, 6) is -2.89. The molecule has 0 saturated heterocycles. The van der Waals surface area contributed by atoms with E-state index in [1.165, 1.54) is 14.2 Å². The van der Waals surface area contributed by atoms with E-state index < -0.39 is 34.5 Å². The van der Waals surface area contributed by atoms with Crippen LogP contribution in [0.25, 0.3) is 0 Å². The van der Waals surface area contributed by atoms with E-state index in [0.717, 1.165) is 10.5 Å². The maximum absolute atomic E-state index is 15.1. The SMILES string of the molecule is COc1nc(OC)c(F)c(N2Cc3cnc(Nc4ccccc4N)cc3C3(CC3)C2=O)c1F. The van der Waals surface area contributed by atoms with Crippen molar-refractivity contribution in [3.63, 3.8) is 0 Å². The zero-order valence-electron chi connectivity index (χ0n) is 18.0. The van der Waals surface area contributed by atoms with E-state index in [4.69, 9.17) is 15.2 Å². The Bertz CT molecular complexity index is 1250. The van der Waals surface area contributed by atoms with Crippen LogP contribution in [-0.4, -0.2) is 30.1 Å². The van der Waals surface area contributed by atoms with E-state index >= 15 is 8.78 Å². The number of pyridine rings is 2. The molecule has 8 nitrogen and oxygen atoms in total. The number of carbonyl (C=O) groups is 1. The van der Waals surface area contributed by atoms with Gasteiger partial charge >= 0.3 is 0 Å². The van der Waals surface area contributed by atoms with Crippen LogP contribution in [0.4, 0.5) is 31.7 Å². The molecule has 1 fully saturated rings. The molecule has 1 amide bonds. The molecule has 1 spiro atoms. The summed E-state index contributed by atoms with van der Waals surface area (Å²) in [5.41, 5.74) is 7.35. The van der Waals surface area contributed by atoms with Gasteiger partial charge in [-0.3, -0.25) is 4.79 Å². The fourth-order valence-corrected chi connectivity index (χ4v) is 4.27. The molecular formula is C23H21F2N5O3. The molecule has 1 aliphatic heterocycles.